The maximum atomic E-state index is 12.1. The van der Waals surface area contributed by atoms with Crippen molar-refractivity contribution in [1.82, 2.24) is 15.1 Å². The van der Waals surface area contributed by atoms with Crippen molar-refractivity contribution in [2.24, 2.45) is 15.9 Å². The summed E-state index contributed by atoms with van der Waals surface area (Å²) in [4.78, 5) is 44.1. The quantitative estimate of drug-likeness (QED) is 0.787. The summed E-state index contributed by atoms with van der Waals surface area (Å²) in [6, 6.07) is 1.58. The summed E-state index contributed by atoms with van der Waals surface area (Å²) in [5.41, 5.74) is 1.23. The number of nitrogens with one attached hydrogen (secondary N) is 2. The standard InChI is InChI=1S/C16H22N6O3/c1-5-7-17-14(24)15(25)19-12-8-9(3)21-22(12)16-18-10(4)11(6-2)13(23)20-16/h8,11H,5-7H2,1-4H3,(H,17,24)(H,19,25). The van der Waals surface area contributed by atoms with E-state index in [-0.39, 0.29) is 23.6 Å². The summed E-state index contributed by atoms with van der Waals surface area (Å²) in [5, 5.41) is 9.18. The van der Waals surface area contributed by atoms with E-state index in [1.807, 2.05) is 13.8 Å². The van der Waals surface area contributed by atoms with Crippen molar-refractivity contribution >= 4 is 35.2 Å². The van der Waals surface area contributed by atoms with Gasteiger partial charge in [-0.3, -0.25) is 14.4 Å². The first-order chi connectivity index (χ1) is 11.9. The molecule has 25 heavy (non-hydrogen) atoms. The van der Waals surface area contributed by atoms with Crippen LogP contribution in [0, 0.1) is 12.8 Å². The highest BCUT2D eigenvalue weighted by Crippen LogP contribution is 2.17. The Hall–Kier alpha value is -2.84. The van der Waals surface area contributed by atoms with Crippen LogP contribution < -0.4 is 10.6 Å². The lowest BCUT2D eigenvalue weighted by Crippen LogP contribution is -2.37. The molecule has 9 nitrogen and oxygen atoms in total. The van der Waals surface area contributed by atoms with Crippen molar-refractivity contribution in [2.75, 3.05) is 11.9 Å². The number of aryl methyl sites for hydroxylation is 1. The minimum absolute atomic E-state index is 0.0737. The van der Waals surface area contributed by atoms with Crippen molar-refractivity contribution in [3.8, 4) is 0 Å². The number of carbonyl (C=O) groups is 3. The largest absolute Gasteiger partial charge is 0.348 e. The summed E-state index contributed by atoms with van der Waals surface area (Å²) in [7, 11) is 0. The zero-order chi connectivity index (χ0) is 18.6. The van der Waals surface area contributed by atoms with Gasteiger partial charge in [-0.2, -0.15) is 14.8 Å². The Morgan fingerprint density at radius 2 is 1.92 bits per heavy atom. The van der Waals surface area contributed by atoms with Gasteiger partial charge in [-0.05, 0) is 26.7 Å². The molecule has 0 aromatic carbocycles. The van der Waals surface area contributed by atoms with Gasteiger partial charge in [-0.25, -0.2) is 4.99 Å². The predicted octanol–water partition coefficient (Wildman–Crippen LogP) is 0.888. The van der Waals surface area contributed by atoms with Crippen LogP contribution in [0.15, 0.2) is 16.1 Å². The normalized spacial score (nSPS) is 17.0. The van der Waals surface area contributed by atoms with E-state index in [0.29, 0.717) is 24.4 Å². The van der Waals surface area contributed by atoms with Gasteiger partial charge in [0.05, 0.1) is 11.6 Å². The van der Waals surface area contributed by atoms with Crippen LogP contribution in [0.4, 0.5) is 5.82 Å². The molecule has 3 amide bonds. The second-order valence-corrected chi connectivity index (χ2v) is 5.76. The molecule has 2 N–H and O–H groups in total. The minimum Gasteiger partial charge on any atom is -0.348 e. The lowest BCUT2D eigenvalue weighted by atomic mass is 10.00. The molecule has 2 rings (SSSR count). The summed E-state index contributed by atoms with van der Waals surface area (Å²) in [6.07, 6.45) is 1.34. The minimum atomic E-state index is -0.815. The molecule has 0 spiro atoms. The summed E-state index contributed by atoms with van der Waals surface area (Å²) in [5.74, 6) is -1.88. The Bertz CT molecular complexity index is 762. The van der Waals surface area contributed by atoms with E-state index >= 15 is 0 Å². The number of hydrogen-bond acceptors (Lipinski definition) is 5. The van der Waals surface area contributed by atoms with E-state index in [2.05, 4.69) is 25.7 Å². The zero-order valence-electron chi connectivity index (χ0n) is 14.8. The van der Waals surface area contributed by atoms with E-state index in [9.17, 15) is 14.4 Å². The van der Waals surface area contributed by atoms with Gasteiger partial charge < -0.3 is 10.6 Å². The fraction of sp³-hybridized carbons (Fsp3) is 0.500. The maximum Gasteiger partial charge on any atom is 0.314 e. The molecule has 1 aliphatic heterocycles. The van der Waals surface area contributed by atoms with Crippen LogP contribution in [0.1, 0.15) is 39.3 Å². The van der Waals surface area contributed by atoms with Crippen LogP contribution in [-0.4, -0.2) is 45.7 Å². The van der Waals surface area contributed by atoms with Crippen molar-refractivity contribution in [2.45, 2.75) is 40.5 Å². The van der Waals surface area contributed by atoms with E-state index in [1.165, 1.54) is 4.68 Å². The topological polar surface area (TPSA) is 118 Å². The third-order valence-electron chi connectivity index (χ3n) is 3.70. The van der Waals surface area contributed by atoms with Gasteiger partial charge in [-0.1, -0.05) is 13.8 Å². The molecule has 0 radical (unpaired) electrons. The number of aliphatic imine (C=N–C) groups is 2. The molecule has 2 heterocycles. The molecule has 1 atom stereocenters. The van der Waals surface area contributed by atoms with E-state index in [0.717, 1.165) is 6.42 Å². The molecule has 1 aromatic rings. The van der Waals surface area contributed by atoms with Gasteiger partial charge in [0, 0.05) is 18.3 Å². The van der Waals surface area contributed by atoms with Gasteiger partial charge in [0.2, 0.25) is 0 Å². The second-order valence-electron chi connectivity index (χ2n) is 5.76. The Labute approximate surface area is 145 Å². The Kier molecular flexibility index (Phi) is 5.79. The molecule has 134 valence electrons. The van der Waals surface area contributed by atoms with Crippen molar-refractivity contribution < 1.29 is 14.4 Å². The molecule has 0 aliphatic carbocycles. The smallest absolute Gasteiger partial charge is 0.314 e. The lowest BCUT2D eigenvalue weighted by molar-refractivity contribution is -0.136. The van der Waals surface area contributed by atoms with Crippen LogP contribution in [0.25, 0.3) is 0 Å². The molecule has 1 aliphatic rings. The molecule has 9 heteroatoms. The van der Waals surface area contributed by atoms with E-state index in [1.54, 1.807) is 19.9 Å². The second kappa shape index (κ2) is 7.82. The van der Waals surface area contributed by atoms with Crippen LogP contribution in [0.3, 0.4) is 0 Å². The number of carbonyl (C=O) groups excluding carboxylic acids is 3. The highest BCUT2D eigenvalue weighted by molar-refractivity contribution is 6.39. The number of amides is 3. The number of aromatic nitrogens is 2. The average Bonchev–Trinajstić information content (AvgIpc) is 2.92. The first-order valence-corrected chi connectivity index (χ1v) is 8.21. The highest BCUT2D eigenvalue weighted by atomic mass is 16.2. The number of anilines is 1. The third-order valence-corrected chi connectivity index (χ3v) is 3.70. The van der Waals surface area contributed by atoms with Crippen LogP contribution in [-0.2, 0) is 14.4 Å². The van der Waals surface area contributed by atoms with Gasteiger partial charge in [0.25, 0.3) is 11.9 Å². The monoisotopic (exact) mass is 346 g/mol. The Balaban J connectivity index is 2.26. The predicted molar refractivity (Wildman–Crippen MR) is 93.6 cm³/mol. The average molecular weight is 346 g/mol. The Morgan fingerprint density at radius 1 is 1.20 bits per heavy atom. The fourth-order valence-electron chi connectivity index (χ4n) is 2.41. The van der Waals surface area contributed by atoms with Gasteiger partial charge in [0.15, 0.2) is 0 Å². The molecular weight excluding hydrogens is 324 g/mol. The zero-order valence-corrected chi connectivity index (χ0v) is 14.8. The van der Waals surface area contributed by atoms with Crippen molar-refractivity contribution in [1.29, 1.82) is 0 Å². The molecule has 0 fully saturated rings. The van der Waals surface area contributed by atoms with Crippen molar-refractivity contribution in [3.05, 3.63) is 11.8 Å². The highest BCUT2D eigenvalue weighted by Gasteiger charge is 2.27. The fourth-order valence-corrected chi connectivity index (χ4v) is 2.41. The molecular formula is C16H22N6O3. The summed E-state index contributed by atoms with van der Waals surface area (Å²) < 4.78 is 1.26. The SMILES string of the molecule is CCCNC(=O)C(=O)Nc1cc(C)nn1C1=NC(=O)C(CC)C(C)=N1. The van der Waals surface area contributed by atoms with Crippen molar-refractivity contribution in [3.63, 3.8) is 0 Å². The van der Waals surface area contributed by atoms with E-state index < -0.39 is 11.8 Å². The van der Waals surface area contributed by atoms with Crippen LogP contribution in [0.5, 0.6) is 0 Å². The summed E-state index contributed by atoms with van der Waals surface area (Å²) >= 11 is 0. The first-order valence-electron chi connectivity index (χ1n) is 8.21. The third kappa shape index (κ3) is 4.17. The molecule has 1 unspecified atom stereocenters. The number of nitrogens with zero attached hydrogens (tertiary/aromatic N) is 4. The van der Waals surface area contributed by atoms with Crippen LogP contribution >= 0.6 is 0 Å². The first kappa shape index (κ1) is 18.5. The maximum absolute atomic E-state index is 12.1. The lowest BCUT2D eigenvalue weighted by Gasteiger charge is -2.17. The summed E-state index contributed by atoms with van der Waals surface area (Å²) in [6.45, 7) is 7.67. The Morgan fingerprint density at radius 3 is 2.52 bits per heavy atom. The number of hydrogen-bond donors (Lipinski definition) is 2. The molecule has 1 aromatic heterocycles. The molecule has 0 saturated heterocycles. The molecule has 0 bridgehead atoms. The number of rotatable bonds is 4. The van der Waals surface area contributed by atoms with E-state index in [4.69, 9.17) is 0 Å². The van der Waals surface area contributed by atoms with Gasteiger partial charge >= 0.3 is 11.8 Å². The molecule has 0 saturated carbocycles. The van der Waals surface area contributed by atoms with Gasteiger partial charge in [-0.15, -0.1) is 0 Å². The van der Waals surface area contributed by atoms with Crippen LogP contribution in [0.2, 0.25) is 0 Å². The van der Waals surface area contributed by atoms with Gasteiger partial charge in [0.1, 0.15) is 5.82 Å².